The van der Waals surface area contributed by atoms with Gasteiger partial charge in [-0.25, -0.2) is 0 Å². The minimum Gasteiger partial charge on any atom is -0.493 e. The average molecular weight is 369 g/mol. The molecule has 0 radical (unpaired) electrons. The number of ether oxygens (including phenoxy) is 2. The van der Waals surface area contributed by atoms with E-state index in [1.54, 1.807) is 25.0 Å². The Labute approximate surface area is 156 Å². The third kappa shape index (κ3) is 3.62. The summed E-state index contributed by atoms with van der Waals surface area (Å²) in [5.74, 6) is 1.04. The summed E-state index contributed by atoms with van der Waals surface area (Å²) < 4.78 is 12.7. The van der Waals surface area contributed by atoms with Crippen molar-refractivity contribution in [2.75, 3.05) is 14.2 Å². The lowest BCUT2D eigenvalue weighted by molar-refractivity contribution is 0.0944. The molecule has 0 aliphatic heterocycles. The molecular formula is C19H19N3O3S. The number of aromatic nitrogens is 2. The number of H-pyrrole nitrogens is 1. The Balaban J connectivity index is 1.79. The second kappa shape index (κ2) is 7.88. The average Bonchev–Trinajstić information content (AvgIpc) is 3.08. The van der Waals surface area contributed by atoms with Crippen LogP contribution in [-0.4, -0.2) is 29.7 Å². The molecule has 1 aromatic heterocycles. The lowest BCUT2D eigenvalue weighted by Gasteiger charge is -2.11. The van der Waals surface area contributed by atoms with Crippen LogP contribution in [0.25, 0.3) is 5.69 Å². The van der Waals surface area contributed by atoms with Crippen molar-refractivity contribution in [2.24, 2.45) is 0 Å². The van der Waals surface area contributed by atoms with E-state index in [4.69, 9.17) is 21.7 Å². The van der Waals surface area contributed by atoms with Crippen molar-refractivity contribution in [2.45, 2.75) is 6.54 Å². The number of rotatable bonds is 6. The lowest BCUT2D eigenvalue weighted by atomic mass is 10.2. The number of carbonyl (C=O) groups excluding carboxylic acids is 1. The van der Waals surface area contributed by atoms with Crippen molar-refractivity contribution >= 4 is 18.1 Å². The fraction of sp³-hybridized carbons (Fsp3) is 0.158. The summed E-state index contributed by atoms with van der Waals surface area (Å²) in [5.41, 5.74) is 2.17. The van der Waals surface area contributed by atoms with E-state index in [0.717, 1.165) is 11.3 Å². The van der Waals surface area contributed by atoms with Gasteiger partial charge in [0, 0.05) is 18.4 Å². The number of nitrogens with zero attached hydrogens (tertiary/aromatic N) is 1. The molecule has 0 unspecified atom stereocenters. The predicted octanol–water partition coefficient (Wildman–Crippen LogP) is 3.48. The molecule has 0 spiro atoms. The van der Waals surface area contributed by atoms with Crippen molar-refractivity contribution in [3.05, 3.63) is 70.8 Å². The first kappa shape index (κ1) is 17.8. The third-order valence-corrected chi connectivity index (χ3v) is 4.22. The van der Waals surface area contributed by atoms with E-state index in [2.05, 4.69) is 10.3 Å². The van der Waals surface area contributed by atoms with Crippen molar-refractivity contribution in [3.8, 4) is 17.2 Å². The van der Waals surface area contributed by atoms with Gasteiger partial charge in [0.15, 0.2) is 16.3 Å². The monoisotopic (exact) mass is 369 g/mol. The largest absolute Gasteiger partial charge is 0.493 e. The van der Waals surface area contributed by atoms with Crippen LogP contribution in [0.15, 0.2) is 54.7 Å². The second-order valence-electron chi connectivity index (χ2n) is 5.52. The zero-order valence-electron chi connectivity index (χ0n) is 14.5. The van der Waals surface area contributed by atoms with Gasteiger partial charge < -0.3 is 19.8 Å². The molecule has 0 saturated heterocycles. The number of hydrogen-bond donors (Lipinski definition) is 2. The van der Waals surface area contributed by atoms with E-state index in [9.17, 15) is 4.79 Å². The molecule has 2 N–H and O–H groups in total. The summed E-state index contributed by atoms with van der Waals surface area (Å²) in [6.07, 6.45) is 1.61. The molecule has 0 saturated carbocycles. The van der Waals surface area contributed by atoms with Crippen LogP contribution in [0, 0.1) is 4.77 Å². The summed E-state index contributed by atoms with van der Waals surface area (Å²) in [4.78, 5) is 15.6. The molecule has 0 bridgehead atoms. The molecule has 26 heavy (non-hydrogen) atoms. The first-order chi connectivity index (χ1) is 12.6. The topological polar surface area (TPSA) is 68.3 Å². The number of imidazole rings is 1. The number of hydrogen-bond acceptors (Lipinski definition) is 4. The van der Waals surface area contributed by atoms with Crippen LogP contribution in [0.4, 0.5) is 0 Å². The van der Waals surface area contributed by atoms with Crippen LogP contribution in [0.3, 0.4) is 0 Å². The number of aromatic amines is 1. The van der Waals surface area contributed by atoms with Gasteiger partial charge in [0.1, 0.15) is 5.69 Å². The second-order valence-corrected chi connectivity index (χ2v) is 5.91. The zero-order valence-corrected chi connectivity index (χ0v) is 15.3. The molecule has 0 fully saturated rings. The Bertz CT molecular complexity index is 964. The highest BCUT2D eigenvalue weighted by Gasteiger charge is 2.14. The Morgan fingerprint density at radius 1 is 1.12 bits per heavy atom. The van der Waals surface area contributed by atoms with E-state index in [-0.39, 0.29) is 5.91 Å². The smallest absolute Gasteiger partial charge is 0.270 e. The van der Waals surface area contributed by atoms with Crippen LogP contribution in [0.1, 0.15) is 16.1 Å². The highest BCUT2D eigenvalue weighted by molar-refractivity contribution is 7.71. The van der Waals surface area contributed by atoms with Crippen LogP contribution in [0.5, 0.6) is 11.5 Å². The molecule has 2 aromatic carbocycles. The number of carbonyl (C=O) groups is 1. The summed E-state index contributed by atoms with van der Waals surface area (Å²) >= 11 is 5.31. The van der Waals surface area contributed by atoms with Crippen molar-refractivity contribution in [1.82, 2.24) is 14.9 Å². The fourth-order valence-electron chi connectivity index (χ4n) is 2.63. The fourth-order valence-corrected chi connectivity index (χ4v) is 2.90. The molecule has 3 rings (SSSR count). The Morgan fingerprint density at radius 2 is 1.85 bits per heavy atom. The maximum absolute atomic E-state index is 12.6. The van der Waals surface area contributed by atoms with E-state index in [1.807, 2.05) is 48.5 Å². The number of methoxy groups -OCH3 is 2. The molecule has 7 heteroatoms. The molecule has 1 amide bonds. The Morgan fingerprint density at radius 3 is 2.54 bits per heavy atom. The lowest BCUT2D eigenvalue weighted by Crippen LogP contribution is -2.25. The predicted molar refractivity (Wildman–Crippen MR) is 102 cm³/mol. The van der Waals surface area contributed by atoms with Gasteiger partial charge in [-0.1, -0.05) is 24.3 Å². The van der Waals surface area contributed by atoms with Gasteiger partial charge in [0.05, 0.1) is 14.2 Å². The molecule has 1 heterocycles. The molecule has 0 aliphatic rings. The van der Waals surface area contributed by atoms with Gasteiger partial charge in [-0.3, -0.25) is 9.36 Å². The van der Waals surface area contributed by atoms with E-state index in [0.29, 0.717) is 28.5 Å². The molecule has 134 valence electrons. The number of nitrogens with one attached hydrogen (secondary N) is 2. The van der Waals surface area contributed by atoms with Gasteiger partial charge in [-0.05, 0) is 42.0 Å². The molecule has 6 nitrogen and oxygen atoms in total. The van der Waals surface area contributed by atoms with Crippen LogP contribution in [-0.2, 0) is 6.54 Å². The number of para-hydroxylation sites is 1. The maximum atomic E-state index is 12.6. The summed E-state index contributed by atoms with van der Waals surface area (Å²) in [6, 6.07) is 15.0. The Kier molecular flexibility index (Phi) is 5.38. The molecule has 3 aromatic rings. The van der Waals surface area contributed by atoms with E-state index >= 15 is 0 Å². The molecule has 0 atom stereocenters. The minimum atomic E-state index is -0.226. The highest BCUT2D eigenvalue weighted by atomic mass is 32.1. The minimum absolute atomic E-state index is 0.226. The van der Waals surface area contributed by atoms with Crippen LogP contribution >= 0.6 is 12.2 Å². The van der Waals surface area contributed by atoms with Gasteiger partial charge in [0.25, 0.3) is 5.91 Å². The standard InChI is InChI=1S/C19H19N3O3S/c1-24-16-9-8-13(10-17(16)25-2)11-20-18(23)15-12-21-19(26)22(15)14-6-4-3-5-7-14/h3-10,12H,11H2,1-2H3,(H,20,23)(H,21,26). The van der Waals surface area contributed by atoms with Crippen molar-refractivity contribution in [3.63, 3.8) is 0 Å². The maximum Gasteiger partial charge on any atom is 0.270 e. The molecular weight excluding hydrogens is 350 g/mol. The van der Waals surface area contributed by atoms with Crippen LogP contribution in [0.2, 0.25) is 0 Å². The summed E-state index contributed by atoms with van der Waals surface area (Å²) in [6.45, 7) is 0.353. The van der Waals surface area contributed by atoms with Gasteiger partial charge in [0.2, 0.25) is 0 Å². The van der Waals surface area contributed by atoms with Gasteiger partial charge in [-0.2, -0.15) is 0 Å². The highest BCUT2D eigenvalue weighted by Crippen LogP contribution is 2.27. The molecule has 0 aliphatic carbocycles. The normalized spacial score (nSPS) is 10.4. The SMILES string of the molecule is COc1ccc(CNC(=O)c2c[nH]c(=S)n2-c2ccccc2)cc1OC. The summed E-state index contributed by atoms with van der Waals surface area (Å²) in [5, 5.41) is 2.91. The number of benzene rings is 2. The number of amides is 1. The first-order valence-electron chi connectivity index (χ1n) is 7.99. The zero-order chi connectivity index (χ0) is 18.5. The van der Waals surface area contributed by atoms with Crippen molar-refractivity contribution in [1.29, 1.82) is 0 Å². The van der Waals surface area contributed by atoms with Gasteiger partial charge in [-0.15, -0.1) is 0 Å². The Hall–Kier alpha value is -3.06. The first-order valence-corrected chi connectivity index (χ1v) is 8.40. The van der Waals surface area contributed by atoms with E-state index in [1.165, 1.54) is 0 Å². The van der Waals surface area contributed by atoms with Crippen molar-refractivity contribution < 1.29 is 14.3 Å². The summed E-state index contributed by atoms with van der Waals surface area (Å²) in [7, 11) is 3.16. The van der Waals surface area contributed by atoms with Crippen LogP contribution < -0.4 is 14.8 Å². The van der Waals surface area contributed by atoms with Gasteiger partial charge >= 0.3 is 0 Å². The van der Waals surface area contributed by atoms with E-state index < -0.39 is 0 Å². The third-order valence-electron chi connectivity index (χ3n) is 3.92. The quantitative estimate of drug-likeness (QED) is 0.653.